The molecule has 1 aromatic rings. The fourth-order valence-electron chi connectivity index (χ4n) is 1.06. The number of amidine groups is 1. The molecule has 6 heteroatoms. The second kappa shape index (κ2) is 5.94. The number of aromatic amines is 1. The highest BCUT2D eigenvalue weighted by Gasteiger charge is 2.00. The van der Waals surface area contributed by atoms with Crippen LogP contribution in [0.4, 0.5) is 0 Å². The highest BCUT2D eigenvalue weighted by atomic mass is 16.5. The van der Waals surface area contributed by atoms with Gasteiger partial charge in [-0.05, 0) is 6.07 Å². The molecule has 0 amide bonds. The predicted octanol–water partition coefficient (Wildman–Crippen LogP) is -0.769. The molecule has 0 spiro atoms. The number of ether oxygens (including phenoxy) is 1. The maximum atomic E-state index is 11.0. The van der Waals surface area contributed by atoms with E-state index in [0.717, 1.165) is 0 Å². The van der Waals surface area contributed by atoms with E-state index in [4.69, 9.17) is 10.6 Å². The fourth-order valence-corrected chi connectivity index (χ4v) is 1.06. The number of nitrogens with one attached hydrogen (secondary N) is 2. The van der Waals surface area contributed by atoms with Gasteiger partial charge in [0.05, 0.1) is 13.2 Å². The normalized spacial score (nSPS) is 11.5. The topological polar surface area (TPSA) is 92.5 Å². The summed E-state index contributed by atoms with van der Waals surface area (Å²) in [6.07, 6.45) is 1.54. The van der Waals surface area contributed by atoms with Crippen LogP contribution in [0, 0.1) is 0 Å². The molecule has 0 aliphatic rings. The SMILES string of the molecule is COCCN=C(NN)c1cc[nH]c(=O)c1. The largest absolute Gasteiger partial charge is 0.383 e. The van der Waals surface area contributed by atoms with Crippen molar-refractivity contribution in [2.24, 2.45) is 10.8 Å². The number of hydrazine groups is 1. The van der Waals surface area contributed by atoms with E-state index in [1.54, 1.807) is 19.4 Å². The summed E-state index contributed by atoms with van der Waals surface area (Å²) in [6, 6.07) is 3.14. The van der Waals surface area contributed by atoms with Crippen LogP contribution >= 0.6 is 0 Å². The molecule has 6 nitrogen and oxygen atoms in total. The monoisotopic (exact) mass is 210 g/mol. The lowest BCUT2D eigenvalue weighted by Crippen LogP contribution is -2.32. The summed E-state index contributed by atoms with van der Waals surface area (Å²) in [5.74, 6) is 5.77. The van der Waals surface area contributed by atoms with Gasteiger partial charge >= 0.3 is 0 Å². The van der Waals surface area contributed by atoms with Crippen molar-refractivity contribution < 1.29 is 4.74 Å². The van der Waals surface area contributed by atoms with Crippen molar-refractivity contribution in [1.82, 2.24) is 10.4 Å². The Bertz CT molecular complexity index is 386. The molecule has 0 saturated carbocycles. The van der Waals surface area contributed by atoms with Crippen molar-refractivity contribution in [1.29, 1.82) is 0 Å². The molecule has 0 aromatic carbocycles. The van der Waals surface area contributed by atoms with Crippen molar-refractivity contribution in [2.45, 2.75) is 0 Å². The van der Waals surface area contributed by atoms with Gasteiger partial charge in [0.2, 0.25) is 5.56 Å². The van der Waals surface area contributed by atoms with Gasteiger partial charge in [0.1, 0.15) is 5.84 Å². The Morgan fingerprint density at radius 3 is 3.13 bits per heavy atom. The van der Waals surface area contributed by atoms with Gasteiger partial charge < -0.3 is 15.1 Å². The molecule has 0 aliphatic heterocycles. The highest BCUT2D eigenvalue weighted by molar-refractivity contribution is 5.98. The Morgan fingerprint density at radius 1 is 1.73 bits per heavy atom. The van der Waals surface area contributed by atoms with Crippen molar-refractivity contribution in [3.05, 3.63) is 34.2 Å². The summed E-state index contributed by atoms with van der Waals surface area (Å²) in [7, 11) is 1.60. The van der Waals surface area contributed by atoms with Gasteiger partial charge in [-0.25, -0.2) is 5.84 Å². The van der Waals surface area contributed by atoms with Gasteiger partial charge in [0, 0.05) is 24.9 Å². The third-order valence-electron chi connectivity index (χ3n) is 1.75. The number of aromatic nitrogens is 1. The third-order valence-corrected chi connectivity index (χ3v) is 1.75. The Balaban J connectivity index is 2.82. The second-order valence-electron chi connectivity index (χ2n) is 2.81. The summed E-state index contributed by atoms with van der Waals surface area (Å²) in [5.41, 5.74) is 2.90. The zero-order valence-corrected chi connectivity index (χ0v) is 8.49. The number of aliphatic imine (C=N–C) groups is 1. The average molecular weight is 210 g/mol. The lowest BCUT2D eigenvalue weighted by atomic mass is 10.2. The minimum absolute atomic E-state index is 0.192. The smallest absolute Gasteiger partial charge is 0.248 e. The number of methoxy groups -OCH3 is 1. The van der Waals surface area contributed by atoms with Crippen molar-refractivity contribution in [3.8, 4) is 0 Å². The standard InChI is InChI=1S/C9H14N4O2/c1-15-5-4-12-9(13-10)7-2-3-11-8(14)6-7/h2-3,6H,4-5,10H2,1H3,(H,11,14)(H,12,13). The maximum absolute atomic E-state index is 11.0. The predicted molar refractivity (Wildman–Crippen MR) is 57.7 cm³/mol. The summed E-state index contributed by atoms with van der Waals surface area (Å²) >= 11 is 0. The van der Waals surface area contributed by atoms with Crippen molar-refractivity contribution >= 4 is 5.84 Å². The van der Waals surface area contributed by atoms with Gasteiger partial charge in [-0.3, -0.25) is 9.79 Å². The lowest BCUT2D eigenvalue weighted by Gasteiger charge is -2.04. The number of rotatable bonds is 4. The molecule has 15 heavy (non-hydrogen) atoms. The van der Waals surface area contributed by atoms with E-state index < -0.39 is 0 Å². The summed E-state index contributed by atoms with van der Waals surface area (Å²) in [6.45, 7) is 0.997. The first kappa shape index (κ1) is 11.4. The minimum Gasteiger partial charge on any atom is -0.383 e. The average Bonchev–Trinajstić information content (AvgIpc) is 2.24. The molecule has 0 bridgehead atoms. The van der Waals surface area contributed by atoms with Gasteiger partial charge in [-0.2, -0.15) is 0 Å². The van der Waals surface area contributed by atoms with Crippen LogP contribution in [0.2, 0.25) is 0 Å². The molecule has 0 fully saturated rings. The van der Waals surface area contributed by atoms with Crippen LogP contribution in [0.5, 0.6) is 0 Å². The minimum atomic E-state index is -0.192. The van der Waals surface area contributed by atoms with Gasteiger partial charge in [0.15, 0.2) is 0 Å². The van der Waals surface area contributed by atoms with E-state index in [1.165, 1.54) is 6.07 Å². The van der Waals surface area contributed by atoms with Crippen molar-refractivity contribution in [2.75, 3.05) is 20.3 Å². The molecule has 1 rings (SSSR count). The van der Waals surface area contributed by atoms with Gasteiger partial charge in [-0.15, -0.1) is 0 Å². The van der Waals surface area contributed by atoms with Crippen LogP contribution in [0.15, 0.2) is 28.1 Å². The van der Waals surface area contributed by atoms with E-state index in [-0.39, 0.29) is 5.56 Å². The molecular weight excluding hydrogens is 196 g/mol. The molecule has 0 saturated heterocycles. The van der Waals surface area contributed by atoms with Crippen LogP contribution in [-0.4, -0.2) is 31.1 Å². The molecule has 0 aliphatic carbocycles. The first-order valence-corrected chi connectivity index (χ1v) is 4.47. The quantitative estimate of drug-likeness (QED) is 0.200. The Hall–Kier alpha value is -1.66. The van der Waals surface area contributed by atoms with Crippen LogP contribution in [-0.2, 0) is 4.74 Å². The Kier molecular flexibility index (Phi) is 4.52. The molecule has 1 heterocycles. The Labute approximate surface area is 87.1 Å². The van der Waals surface area contributed by atoms with E-state index in [2.05, 4.69) is 15.4 Å². The van der Waals surface area contributed by atoms with E-state index >= 15 is 0 Å². The molecular formula is C9H14N4O2. The first-order chi connectivity index (χ1) is 7.27. The van der Waals surface area contributed by atoms with Crippen LogP contribution in [0.1, 0.15) is 5.56 Å². The van der Waals surface area contributed by atoms with E-state index in [9.17, 15) is 4.79 Å². The number of pyridine rings is 1. The first-order valence-electron chi connectivity index (χ1n) is 4.47. The second-order valence-corrected chi connectivity index (χ2v) is 2.81. The van der Waals surface area contributed by atoms with Crippen LogP contribution in [0.25, 0.3) is 0 Å². The van der Waals surface area contributed by atoms with E-state index in [1.807, 2.05) is 0 Å². The fraction of sp³-hybridized carbons (Fsp3) is 0.333. The third kappa shape index (κ3) is 3.53. The zero-order valence-electron chi connectivity index (χ0n) is 8.49. The molecule has 4 N–H and O–H groups in total. The molecule has 0 atom stereocenters. The number of nitrogens with zero attached hydrogens (tertiary/aromatic N) is 1. The highest BCUT2D eigenvalue weighted by Crippen LogP contribution is 1.93. The molecule has 0 radical (unpaired) electrons. The number of hydrogen-bond acceptors (Lipinski definition) is 4. The van der Waals surface area contributed by atoms with Gasteiger partial charge in [-0.1, -0.05) is 0 Å². The number of H-pyrrole nitrogens is 1. The van der Waals surface area contributed by atoms with Crippen molar-refractivity contribution in [3.63, 3.8) is 0 Å². The zero-order chi connectivity index (χ0) is 11.1. The Morgan fingerprint density at radius 2 is 2.53 bits per heavy atom. The number of nitrogens with two attached hydrogens (primary N) is 1. The molecule has 1 aromatic heterocycles. The van der Waals surface area contributed by atoms with E-state index in [0.29, 0.717) is 24.6 Å². The molecule has 82 valence electrons. The number of hydrogen-bond donors (Lipinski definition) is 3. The summed E-state index contributed by atoms with van der Waals surface area (Å²) in [5, 5.41) is 0. The maximum Gasteiger partial charge on any atom is 0.248 e. The lowest BCUT2D eigenvalue weighted by molar-refractivity contribution is 0.208. The summed E-state index contributed by atoms with van der Waals surface area (Å²) in [4.78, 5) is 17.7. The van der Waals surface area contributed by atoms with Gasteiger partial charge in [0.25, 0.3) is 0 Å². The summed E-state index contributed by atoms with van der Waals surface area (Å²) < 4.78 is 4.85. The van der Waals surface area contributed by atoms with Crippen LogP contribution < -0.4 is 16.8 Å². The van der Waals surface area contributed by atoms with Crippen LogP contribution in [0.3, 0.4) is 0 Å². The molecule has 0 unspecified atom stereocenters.